The van der Waals surface area contributed by atoms with Crippen LogP contribution in [0.5, 0.6) is 5.75 Å². The van der Waals surface area contributed by atoms with E-state index in [0.29, 0.717) is 42.7 Å². The van der Waals surface area contributed by atoms with Crippen molar-refractivity contribution in [1.82, 2.24) is 15.1 Å². The highest BCUT2D eigenvalue weighted by atomic mass is 35.5. The summed E-state index contributed by atoms with van der Waals surface area (Å²) in [6.45, 7) is 5.71. The topological polar surface area (TPSA) is 75.0 Å². The van der Waals surface area contributed by atoms with Crippen molar-refractivity contribution in [2.45, 2.75) is 13.8 Å². The summed E-state index contributed by atoms with van der Waals surface area (Å²) in [4.78, 5) is 27.8. The third-order valence-electron chi connectivity index (χ3n) is 4.46. The van der Waals surface area contributed by atoms with Crippen LogP contribution >= 0.6 is 11.6 Å². The van der Waals surface area contributed by atoms with Gasteiger partial charge in [0.05, 0.1) is 6.26 Å². The number of urea groups is 1. The van der Waals surface area contributed by atoms with Crippen molar-refractivity contribution in [1.29, 1.82) is 0 Å². The molecule has 0 radical (unpaired) electrons. The van der Waals surface area contributed by atoms with Gasteiger partial charge in [0.15, 0.2) is 12.5 Å². The lowest BCUT2D eigenvalue weighted by atomic mass is 10.1. The number of piperazine rings is 1. The second kappa shape index (κ2) is 8.35. The quantitative estimate of drug-likeness (QED) is 0.813. The van der Waals surface area contributed by atoms with Crippen molar-refractivity contribution in [2.24, 2.45) is 0 Å². The summed E-state index contributed by atoms with van der Waals surface area (Å²) in [6.07, 6.45) is 1.47. The number of hydrogen-bond acceptors (Lipinski definition) is 4. The fourth-order valence-electron chi connectivity index (χ4n) is 2.95. The second-order valence-corrected chi connectivity index (χ2v) is 6.78. The molecule has 0 aliphatic carbocycles. The minimum atomic E-state index is -0.220. The van der Waals surface area contributed by atoms with Crippen LogP contribution in [0.2, 0.25) is 5.02 Å². The summed E-state index contributed by atoms with van der Waals surface area (Å²) in [5, 5.41) is 3.45. The molecular formula is C19H22ClN3O4. The molecule has 3 amide bonds. The van der Waals surface area contributed by atoms with E-state index in [1.165, 1.54) is 6.26 Å². The summed E-state index contributed by atoms with van der Waals surface area (Å²) in [7, 11) is 0. The van der Waals surface area contributed by atoms with Crippen molar-refractivity contribution in [3.05, 3.63) is 52.4 Å². The van der Waals surface area contributed by atoms with E-state index < -0.39 is 0 Å². The van der Waals surface area contributed by atoms with Gasteiger partial charge in [-0.2, -0.15) is 0 Å². The molecule has 1 aliphatic heterocycles. The van der Waals surface area contributed by atoms with Crippen molar-refractivity contribution >= 4 is 23.5 Å². The number of carbonyl (C=O) groups is 2. The Morgan fingerprint density at radius 3 is 2.37 bits per heavy atom. The van der Waals surface area contributed by atoms with E-state index in [4.69, 9.17) is 20.8 Å². The zero-order valence-corrected chi connectivity index (χ0v) is 16.1. The van der Waals surface area contributed by atoms with Crippen molar-refractivity contribution in [3.63, 3.8) is 0 Å². The fourth-order valence-corrected chi connectivity index (χ4v) is 3.06. The fraction of sp³-hybridized carbons (Fsp3) is 0.368. The van der Waals surface area contributed by atoms with Gasteiger partial charge >= 0.3 is 6.03 Å². The summed E-state index contributed by atoms with van der Waals surface area (Å²) in [5.41, 5.74) is 1.85. The van der Waals surface area contributed by atoms with Crippen LogP contribution in [-0.2, 0) is 0 Å². The molecule has 0 bridgehead atoms. The van der Waals surface area contributed by atoms with Gasteiger partial charge in [0.2, 0.25) is 0 Å². The number of halogens is 1. The molecule has 27 heavy (non-hydrogen) atoms. The number of carbonyl (C=O) groups excluding carboxylic acids is 2. The molecule has 1 fully saturated rings. The molecule has 1 aromatic carbocycles. The molecule has 0 atom stereocenters. The van der Waals surface area contributed by atoms with Crippen molar-refractivity contribution < 1.29 is 18.7 Å². The van der Waals surface area contributed by atoms with Crippen LogP contribution in [0.15, 0.2) is 34.9 Å². The first-order valence-electron chi connectivity index (χ1n) is 8.71. The monoisotopic (exact) mass is 391 g/mol. The standard InChI is InChI=1S/C19H22ClN3O4/c1-13-10-15(11-14(2)17(13)20)27-12-21-19(25)23-7-5-22(6-8-23)18(24)16-4-3-9-26-16/h3-4,9-11H,5-8,12H2,1-2H3,(H,21,25). The summed E-state index contributed by atoms with van der Waals surface area (Å²) in [6, 6.07) is 6.77. The van der Waals surface area contributed by atoms with Crippen LogP contribution < -0.4 is 10.1 Å². The number of amides is 3. The Morgan fingerprint density at radius 1 is 1.15 bits per heavy atom. The van der Waals surface area contributed by atoms with Gasteiger partial charge in [-0.05, 0) is 49.2 Å². The van der Waals surface area contributed by atoms with E-state index in [-0.39, 0.29) is 18.7 Å². The zero-order valence-electron chi connectivity index (χ0n) is 15.3. The Labute approximate surface area is 162 Å². The molecular weight excluding hydrogens is 370 g/mol. The number of furan rings is 1. The molecule has 0 unspecified atom stereocenters. The summed E-state index contributed by atoms with van der Waals surface area (Å²) >= 11 is 6.14. The lowest BCUT2D eigenvalue weighted by Gasteiger charge is -2.34. The van der Waals surface area contributed by atoms with Crippen LogP contribution in [0.25, 0.3) is 0 Å². The molecule has 1 aliphatic rings. The average Bonchev–Trinajstić information content (AvgIpc) is 3.20. The largest absolute Gasteiger partial charge is 0.473 e. The molecule has 1 aromatic heterocycles. The molecule has 1 saturated heterocycles. The number of aryl methyl sites for hydroxylation is 2. The van der Waals surface area contributed by atoms with Crippen LogP contribution in [0.3, 0.4) is 0 Å². The maximum atomic E-state index is 12.3. The first-order chi connectivity index (χ1) is 13.0. The first-order valence-corrected chi connectivity index (χ1v) is 9.08. The Morgan fingerprint density at radius 2 is 1.78 bits per heavy atom. The van der Waals surface area contributed by atoms with Gasteiger partial charge in [0.25, 0.3) is 5.91 Å². The summed E-state index contributed by atoms with van der Waals surface area (Å²) < 4.78 is 10.7. The number of nitrogens with one attached hydrogen (secondary N) is 1. The number of hydrogen-bond donors (Lipinski definition) is 1. The Hall–Kier alpha value is -2.67. The van der Waals surface area contributed by atoms with E-state index >= 15 is 0 Å². The minimum Gasteiger partial charge on any atom is -0.473 e. The first kappa shape index (κ1) is 19.1. The minimum absolute atomic E-state index is 0.0604. The second-order valence-electron chi connectivity index (χ2n) is 6.40. The van der Waals surface area contributed by atoms with Crippen molar-refractivity contribution in [3.8, 4) is 5.75 Å². The SMILES string of the molecule is Cc1cc(OCNC(=O)N2CCN(C(=O)c3ccco3)CC2)cc(C)c1Cl. The number of benzene rings is 1. The number of ether oxygens (including phenoxy) is 1. The molecule has 1 N–H and O–H groups in total. The van der Waals surface area contributed by atoms with Crippen LogP contribution in [0.1, 0.15) is 21.7 Å². The average molecular weight is 392 g/mol. The number of nitrogens with zero attached hydrogens (tertiary/aromatic N) is 2. The van der Waals surface area contributed by atoms with Gasteiger partial charge < -0.3 is 24.3 Å². The highest BCUT2D eigenvalue weighted by molar-refractivity contribution is 6.32. The summed E-state index contributed by atoms with van der Waals surface area (Å²) in [5.74, 6) is 0.815. The van der Waals surface area contributed by atoms with E-state index in [2.05, 4.69) is 5.32 Å². The lowest BCUT2D eigenvalue weighted by Crippen LogP contribution is -2.53. The molecule has 144 valence electrons. The predicted octanol–water partition coefficient (Wildman–Crippen LogP) is 3.05. The smallest absolute Gasteiger partial charge is 0.320 e. The van der Waals surface area contributed by atoms with E-state index in [1.54, 1.807) is 21.9 Å². The van der Waals surface area contributed by atoms with Gasteiger partial charge in [-0.25, -0.2) is 4.79 Å². The van der Waals surface area contributed by atoms with E-state index in [9.17, 15) is 9.59 Å². The molecule has 2 aromatic rings. The predicted molar refractivity (Wildman–Crippen MR) is 101 cm³/mol. The van der Waals surface area contributed by atoms with Crippen LogP contribution in [0, 0.1) is 13.8 Å². The third kappa shape index (κ3) is 4.54. The molecule has 0 saturated carbocycles. The van der Waals surface area contributed by atoms with Crippen molar-refractivity contribution in [2.75, 3.05) is 32.9 Å². The van der Waals surface area contributed by atoms with E-state index in [1.807, 2.05) is 26.0 Å². The van der Waals surface area contributed by atoms with Crippen LogP contribution in [0.4, 0.5) is 4.79 Å². The molecule has 2 heterocycles. The van der Waals surface area contributed by atoms with Gasteiger partial charge in [0.1, 0.15) is 5.75 Å². The maximum absolute atomic E-state index is 12.3. The highest BCUT2D eigenvalue weighted by Gasteiger charge is 2.25. The Bertz CT molecular complexity index is 791. The van der Waals surface area contributed by atoms with Gasteiger partial charge in [-0.1, -0.05) is 11.6 Å². The molecule has 7 nitrogen and oxygen atoms in total. The highest BCUT2D eigenvalue weighted by Crippen LogP contribution is 2.25. The molecule has 0 spiro atoms. The van der Waals surface area contributed by atoms with E-state index in [0.717, 1.165) is 11.1 Å². The Balaban J connectivity index is 1.44. The molecule has 8 heteroatoms. The zero-order chi connectivity index (χ0) is 19.4. The normalized spacial score (nSPS) is 14.2. The number of rotatable bonds is 4. The molecule has 3 rings (SSSR count). The van der Waals surface area contributed by atoms with Gasteiger partial charge in [-0.15, -0.1) is 0 Å². The van der Waals surface area contributed by atoms with Crippen LogP contribution in [-0.4, -0.2) is 54.6 Å². The maximum Gasteiger partial charge on any atom is 0.320 e. The van der Waals surface area contributed by atoms with Gasteiger partial charge in [-0.3, -0.25) is 4.79 Å². The third-order valence-corrected chi connectivity index (χ3v) is 5.05. The Kier molecular flexibility index (Phi) is 5.91. The van der Waals surface area contributed by atoms with Gasteiger partial charge in [0, 0.05) is 31.2 Å². The lowest BCUT2D eigenvalue weighted by molar-refractivity contribution is 0.0631.